The van der Waals surface area contributed by atoms with E-state index in [4.69, 9.17) is 0 Å². The predicted octanol–water partition coefficient (Wildman–Crippen LogP) is 7.25. The van der Waals surface area contributed by atoms with Crippen LogP contribution in [-0.2, 0) is 16.2 Å². The SMILES string of the molecule is CCCN(CCC)c1ccc(N=Nc2ccc(C(F)(F)F)cn2)c(NS(=O)(=O)c2ccc(C)cc2)c1. The molecule has 2 aromatic carbocycles. The number of pyridine rings is 1. The maximum absolute atomic E-state index is 13.1. The molecule has 3 rings (SSSR count). The van der Waals surface area contributed by atoms with Crippen molar-refractivity contribution in [1.82, 2.24) is 4.98 Å². The molecule has 0 unspecified atom stereocenters. The van der Waals surface area contributed by atoms with Gasteiger partial charge in [-0.1, -0.05) is 31.5 Å². The number of hydrogen-bond acceptors (Lipinski definition) is 6. The number of aromatic nitrogens is 1. The largest absolute Gasteiger partial charge is 0.417 e. The molecule has 0 bridgehead atoms. The monoisotopic (exact) mass is 519 g/mol. The van der Waals surface area contributed by atoms with Crippen LogP contribution in [0.1, 0.15) is 37.8 Å². The Morgan fingerprint density at radius 2 is 1.61 bits per heavy atom. The zero-order valence-electron chi connectivity index (χ0n) is 20.2. The van der Waals surface area contributed by atoms with Gasteiger partial charge in [0, 0.05) is 25.0 Å². The summed E-state index contributed by atoms with van der Waals surface area (Å²) in [6, 6.07) is 13.5. The van der Waals surface area contributed by atoms with Crippen LogP contribution in [0.25, 0.3) is 0 Å². The number of nitrogens with one attached hydrogen (secondary N) is 1. The molecule has 0 amide bonds. The van der Waals surface area contributed by atoms with Crippen molar-refractivity contribution in [2.45, 2.75) is 44.7 Å². The van der Waals surface area contributed by atoms with E-state index in [1.54, 1.807) is 24.3 Å². The Morgan fingerprint density at radius 3 is 2.17 bits per heavy atom. The van der Waals surface area contributed by atoms with Crippen molar-refractivity contribution >= 4 is 32.9 Å². The fourth-order valence-electron chi connectivity index (χ4n) is 3.44. The molecule has 0 aliphatic rings. The quantitative estimate of drug-likeness (QED) is 0.286. The molecule has 0 radical (unpaired) electrons. The summed E-state index contributed by atoms with van der Waals surface area (Å²) in [7, 11) is -3.94. The molecule has 0 spiro atoms. The first-order valence-electron chi connectivity index (χ1n) is 11.5. The van der Waals surface area contributed by atoms with Gasteiger partial charge in [0.2, 0.25) is 0 Å². The van der Waals surface area contributed by atoms with Gasteiger partial charge in [-0.15, -0.1) is 10.2 Å². The number of azo groups is 1. The third-order valence-electron chi connectivity index (χ3n) is 5.24. The van der Waals surface area contributed by atoms with E-state index in [9.17, 15) is 21.6 Å². The zero-order chi connectivity index (χ0) is 26.3. The predicted molar refractivity (Wildman–Crippen MR) is 135 cm³/mol. The van der Waals surface area contributed by atoms with Gasteiger partial charge in [-0.05, 0) is 62.2 Å². The van der Waals surface area contributed by atoms with Crippen LogP contribution in [0.5, 0.6) is 0 Å². The van der Waals surface area contributed by atoms with Gasteiger partial charge in [-0.25, -0.2) is 13.4 Å². The van der Waals surface area contributed by atoms with Crippen molar-refractivity contribution < 1.29 is 21.6 Å². The Balaban J connectivity index is 1.99. The molecule has 0 aliphatic carbocycles. The highest BCUT2D eigenvalue weighted by atomic mass is 32.2. The molecular formula is C25H28F3N5O2S. The van der Waals surface area contributed by atoms with Crippen LogP contribution in [0.15, 0.2) is 75.9 Å². The number of hydrogen-bond donors (Lipinski definition) is 1. The summed E-state index contributed by atoms with van der Waals surface area (Å²) in [5.74, 6) is -0.0435. The maximum atomic E-state index is 13.1. The van der Waals surface area contributed by atoms with Gasteiger partial charge >= 0.3 is 6.18 Å². The van der Waals surface area contributed by atoms with Crippen LogP contribution in [0, 0.1) is 6.92 Å². The zero-order valence-corrected chi connectivity index (χ0v) is 21.1. The number of halogens is 3. The average Bonchev–Trinajstić information content (AvgIpc) is 2.83. The van der Waals surface area contributed by atoms with E-state index in [1.807, 2.05) is 13.0 Å². The maximum Gasteiger partial charge on any atom is 0.417 e. The molecule has 1 heterocycles. The van der Waals surface area contributed by atoms with Gasteiger partial charge in [0.05, 0.1) is 16.1 Å². The third kappa shape index (κ3) is 7.03. The van der Waals surface area contributed by atoms with Crippen molar-refractivity contribution in [1.29, 1.82) is 0 Å². The molecule has 0 fully saturated rings. The molecule has 0 saturated carbocycles. The number of aryl methyl sites for hydroxylation is 1. The van der Waals surface area contributed by atoms with Gasteiger partial charge in [0.1, 0.15) is 5.69 Å². The second-order valence-corrected chi connectivity index (χ2v) is 9.89. The minimum Gasteiger partial charge on any atom is -0.371 e. The van der Waals surface area contributed by atoms with Crippen LogP contribution in [0.3, 0.4) is 0 Å². The molecule has 36 heavy (non-hydrogen) atoms. The Bertz CT molecular complexity index is 1290. The van der Waals surface area contributed by atoms with E-state index < -0.39 is 21.8 Å². The average molecular weight is 520 g/mol. The van der Waals surface area contributed by atoms with Crippen LogP contribution >= 0.6 is 0 Å². The molecule has 0 saturated heterocycles. The van der Waals surface area contributed by atoms with Crippen molar-refractivity contribution in [3.8, 4) is 0 Å². The van der Waals surface area contributed by atoms with Gasteiger partial charge in [0.15, 0.2) is 5.82 Å². The number of anilines is 2. The van der Waals surface area contributed by atoms with E-state index in [0.29, 0.717) is 6.20 Å². The van der Waals surface area contributed by atoms with Gasteiger partial charge in [0.25, 0.3) is 10.0 Å². The Kier molecular flexibility index (Phi) is 8.67. The summed E-state index contributed by atoms with van der Waals surface area (Å²) in [4.78, 5) is 5.92. The minimum atomic E-state index is -4.51. The number of sulfonamides is 1. The van der Waals surface area contributed by atoms with E-state index >= 15 is 0 Å². The first-order chi connectivity index (χ1) is 17.0. The smallest absolute Gasteiger partial charge is 0.371 e. The van der Waals surface area contributed by atoms with E-state index in [-0.39, 0.29) is 22.1 Å². The fraction of sp³-hybridized carbons (Fsp3) is 0.320. The van der Waals surface area contributed by atoms with Crippen LogP contribution in [0.4, 0.5) is 36.1 Å². The summed E-state index contributed by atoms with van der Waals surface area (Å²) in [6.45, 7) is 7.55. The summed E-state index contributed by atoms with van der Waals surface area (Å²) in [5.41, 5.74) is 1.23. The third-order valence-corrected chi connectivity index (χ3v) is 6.62. The lowest BCUT2D eigenvalue weighted by Gasteiger charge is -2.24. The van der Waals surface area contributed by atoms with E-state index in [2.05, 4.69) is 38.7 Å². The molecule has 192 valence electrons. The first kappa shape index (κ1) is 27.1. The highest BCUT2D eigenvalue weighted by molar-refractivity contribution is 7.92. The highest BCUT2D eigenvalue weighted by Gasteiger charge is 2.30. The second-order valence-electron chi connectivity index (χ2n) is 8.21. The standard InChI is InChI=1S/C25H28F3N5O2S/c1-4-14-33(15-5-2)20-9-12-22(30-31-24-13-8-19(17-29-24)25(26,27)28)23(16-20)32-36(34,35)21-10-6-18(3)7-11-21/h6-13,16-17,32H,4-5,14-15H2,1-3H3. The number of benzene rings is 2. The van der Waals surface area contributed by atoms with Crippen molar-refractivity contribution in [2.75, 3.05) is 22.7 Å². The van der Waals surface area contributed by atoms with E-state index in [1.165, 1.54) is 12.1 Å². The van der Waals surface area contributed by atoms with Crippen molar-refractivity contribution in [2.24, 2.45) is 10.2 Å². The van der Waals surface area contributed by atoms with E-state index in [0.717, 1.165) is 49.3 Å². The number of nitrogens with zero attached hydrogens (tertiary/aromatic N) is 4. The summed E-state index contributed by atoms with van der Waals surface area (Å²) in [5, 5.41) is 8.01. The first-order valence-corrected chi connectivity index (χ1v) is 12.9. The lowest BCUT2D eigenvalue weighted by atomic mass is 10.2. The molecule has 1 N–H and O–H groups in total. The Hall–Kier alpha value is -3.47. The number of rotatable bonds is 10. The van der Waals surface area contributed by atoms with Crippen LogP contribution < -0.4 is 9.62 Å². The van der Waals surface area contributed by atoms with Crippen molar-refractivity contribution in [3.05, 3.63) is 71.9 Å². The molecule has 3 aromatic rings. The van der Waals surface area contributed by atoms with Crippen LogP contribution in [0.2, 0.25) is 0 Å². The van der Waals surface area contributed by atoms with Gasteiger partial charge in [-0.2, -0.15) is 13.2 Å². The topological polar surface area (TPSA) is 87.0 Å². The fourth-order valence-corrected chi connectivity index (χ4v) is 4.50. The molecule has 7 nitrogen and oxygen atoms in total. The molecular weight excluding hydrogens is 491 g/mol. The molecule has 1 aromatic heterocycles. The summed E-state index contributed by atoms with van der Waals surface area (Å²) in [6.07, 6.45) is -2.02. The molecule has 0 atom stereocenters. The van der Waals surface area contributed by atoms with Gasteiger partial charge < -0.3 is 4.90 Å². The minimum absolute atomic E-state index is 0.0435. The molecule has 0 aliphatic heterocycles. The lowest BCUT2D eigenvalue weighted by molar-refractivity contribution is -0.137. The van der Waals surface area contributed by atoms with Gasteiger partial charge in [-0.3, -0.25) is 4.72 Å². The number of alkyl halides is 3. The lowest BCUT2D eigenvalue weighted by Crippen LogP contribution is -2.25. The Labute approximate surface area is 209 Å². The molecule has 11 heteroatoms. The Morgan fingerprint density at radius 1 is 0.944 bits per heavy atom. The normalized spacial score (nSPS) is 12.2. The summed E-state index contributed by atoms with van der Waals surface area (Å²) >= 11 is 0. The summed E-state index contributed by atoms with van der Waals surface area (Å²) < 4.78 is 67.1. The second kappa shape index (κ2) is 11.5. The van der Waals surface area contributed by atoms with Crippen molar-refractivity contribution in [3.63, 3.8) is 0 Å². The highest BCUT2D eigenvalue weighted by Crippen LogP contribution is 2.34. The van der Waals surface area contributed by atoms with Crippen LogP contribution in [-0.4, -0.2) is 26.5 Å².